The Morgan fingerprint density at radius 3 is 2.55 bits per heavy atom. The summed E-state index contributed by atoms with van der Waals surface area (Å²) in [6.45, 7) is 7.35. The smallest absolute Gasteiger partial charge is 0.319 e. The fraction of sp³-hybridized carbons (Fsp3) is 0.435. The quantitative estimate of drug-likeness (QED) is 0.475. The molecule has 1 aliphatic rings. The van der Waals surface area contributed by atoms with E-state index in [4.69, 9.17) is 0 Å². The topological polar surface area (TPSA) is 63.1 Å². The number of hydrogen-bond donors (Lipinski definition) is 1. The van der Waals surface area contributed by atoms with Gasteiger partial charge in [0.1, 0.15) is 5.69 Å². The second-order valence-corrected chi connectivity index (χ2v) is 9.26. The predicted molar refractivity (Wildman–Crippen MR) is 124 cm³/mol. The van der Waals surface area contributed by atoms with Crippen LogP contribution in [0.15, 0.2) is 28.7 Å². The monoisotopic (exact) mass is 523 g/mol. The average Bonchev–Trinajstić information content (AvgIpc) is 3.04. The third-order valence-electron chi connectivity index (χ3n) is 6.00. The number of alkyl halides is 3. The molecule has 0 bridgehead atoms. The molecule has 3 heterocycles. The van der Waals surface area contributed by atoms with E-state index in [0.717, 1.165) is 31.4 Å². The molecule has 0 saturated carbocycles. The third kappa shape index (κ3) is 5.22. The number of nitrogens with zero attached hydrogens (tertiary/aromatic N) is 4. The van der Waals surface area contributed by atoms with Crippen molar-refractivity contribution in [2.75, 3.05) is 25.0 Å². The summed E-state index contributed by atoms with van der Waals surface area (Å²) in [6.07, 6.45) is -0.993. The number of carbonyl (C=O) groups excluding carboxylic acids is 1. The van der Waals surface area contributed by atoms with Crippen molar-refractivity contribution in [2.24, 2.45) is 0 Å². The molecule has 1 fully saturated rings. The summed E-state index contributed by atoms with van der Waals surface area (Å²) in [7, 11) is 0. The maximum Gasteiger partial charge on any atom is 0.433 e. The normalized spacial score (nSPS) is 15.2. The van der Waals surface area contributed by atoms with Crippen LogP contribution in [-0.4, -0.2) is 45.2 Å². The van der Waals surface area contributed by atoms with Crippen LogP contribution in [0.3, 0.4) is 0 Å². The van der Waals surface area contributed by atoms with Gasteiger partial charge in [-0.05, 0) is 64.0 Å². The van der Waals surface area contributed by atoms with Gasteiger partial charge in [-0.15, -0.1) is 0 Å². The molecular weight excluding hydrogens is 499 g/mol. The summed E-state index contributed by atoms with van der Waals surface area (Å²) < 4.78 is 42.7. The number of pyridine rings is 1. The van der Waals surface area contributed by atoms with E-state index in [1.54, 1.807) is 19.1 Å². The first-order valence-corrected chi connectivity index (χ1v) is 11.7. The van der Waals surface area contributed by atoms with Crippen molar-refractivity contribution in [1.82, 2.24) is 19.7 Å². The standard InChI is InChI=1S/C23H25BrF3N5O/c1-14-21(15(2)32(30-14)11-10-31-8-4-3-5-9-31)29-22(33)18-13-20(23(25,26)27)28-19-7-6-16(24)12-17(18)19/h6-7,12-13H,3-5,8-11H2,1-2H3,(H,29,33). The van der Waals surface area contributed by atoms with Crippen LogP contribution in [0.4, 0.5) is 18.9 Å². The van der Waals surface area contributed by atoms with Gasteiger partial charge in [0.15, 0.2) is 0 Å². The lowest BCUT2D eigenvalue weighted by atomic mass is 10.1. The van der Waals surface area contributed by atoms with Crippen molar-refractivity contribution >= 4 is 38.4 Å². The lowest BCUT2D eigenvalue weighted by Crippen LogP contribution is -2.32. The molecule has 0 atom stereocenters. The zero-order valence-corrected chi connectivity index (χ0v) is 20.1. The Balaban J connectivity index is 1.62. The Labute approximate surface area is 198 Å². The molecule has 3 aromatic rings. The molecule has 6 nitrogen and oxygen atoms in total. The number of aromatic nitrogens is 3. The van der Waals surface area contributed by atoms with Gasteiger partial charge in [-0.25, -0.2) is 4.98 Å². The summed E-state index contributed by atoms with van der Waals surface area (Å²) in [6, 6.07) is 5.45. The molecule has 2 aromatic heterocycles. The predicted octanol–water partition coefficient (Wildman–Crippen LogP) is 5.57. The highest BCUT2D eigenvalue weighted by Crippen LogP contribution is 2.32. The Bertz CT molecular complexity index is 1190. The summed E-state index contributed by atoms with van der Waals surface area (Å²) in [5, 5.41) is 7.68. The van der Waals surface area contributed by atoms with E-state index in [1.165, 1.54) is 25.3 Å². The van der Waals surface area contributed by atoms with Crippen LogP contribution in [0.1, 0.15) is 46.7 Å². The lowest BCUT2D eigenvalue weighted by Gasteiger charge is -2.26. The highest BCUT2D eigenvalue weighted by Gasteiger charge is 2.34. The molecule has 10 heteroatoms. The molecule has 1 N–H and O–H groups in total. The van der Waals surface area contributed by atoms with E-state index in [9.17, 15) is 18.0 Å². The Hall–Kier alpha value is -2.46. The van der Waals surface area contributed by atoms with Crippen LogP contribution in [0.5, 0.6) is 0 Å². The number of halogens is 4. The molecule has 0 radical (unpaired) electrons. The van der Waals surface area contributed by atoms with Crippen LogP contribution in [0.2, 0.25) is 0 Å². The first-order chi connectivity index (χ1) is 15.6. The molecule has 1 aromatic carbocycles. The Morgan fingerprint density at radius 2 is 1.85 bits per heavy atom. The molecule has 4 rings (SSSR count). The van der Waals surface area contributed by atoms with Gasteiger partial charge < -0.3 is 10.2 Å². The van der Waals surface area contributed by atoms with Gasteiger partial charge in [0.05, 0.1) is 34.7 Å². The van der Waals surface area contributed by atoms with Crippen molar-refractivity contribution in [3.8, 4) is 0 Å². The number of hydrogen-bond acceptors (Lipinski definition) is 4. The van der Waals surface area contributed by atoms with E-state index in [1.807, 2.05) is 11.6 Å². The number of likely N-dealkylation sites (tertiary alicyclic amines) is 1. The minimum atomic E-state index is -4.67. The van der Waals surface area contributed by atoms with Gasteiger partial charge in [-0.3, -0.25) is 9.48 Å². The highest BCUT2D eigenvalue weighted by molar-refractivity contribution is 9.10. The maximum absolute atomic E-state index is 13.4. The van der Waals surface area contributed by atoms with Gasteiger partial charge in [-0.1, -0.05) is 22.4 Å². The molecule has 176 valence electrons. The van der Waals surface area contributed by atoms with Crippen LogP contribution < -0.4 is 5.32 Å². The van der Waals surface area contributed by atoms with Crippen molar-refractivity contribution in [3.05, 3.63) is 51.4 Å². The number of anilines is 1. The fourth-order valence-electron chi connectivity index (χ4n) is 4.23. The molecule has 1 saturated heterocycles. The van der Waals surface area contributed by atoms with Gasteiger partial charge >= 0.3 is 6.18 Å². The summed E-state index contributed by atoms with van der Waals surface area (Å²) >= 11 is 3.32. The van der Waals surface area contributed by atoms with Crippen molar-refractivity contribution in [2.45, 2.75) is 45.8 Å². The number of nitrogens with one attached hydrogen (secondary N) is 1. The second kappa shape index (κ2) is 9.42. The summed E-state index contributed by atoms with van der Waals surface area (Å²) in [5.41, 5.74) is 0.821. The molecule has 0 spiro atoms. The van der Waals surface area contributed by atoms with Gasteiger partial charge in [0, 0.05) is 16.4 Å². The van der Waals surface area contributed by atoms with Gasteiger partial charge in [0.25, 0.3) is 5.91 Å². The van der Waals surface area contributed by atoms with Crippen LogP contribution in [0.25, 0.3) is 10.9 Å². The summed E-state index contributed by atoms with van der Waals surface area (Å²) in [4.78, 5) is 19.3. The van der Waals surface area contributed by atoms with Crippen LogP contribution in [-0.2, 0) is 12.7 Å². The molecular formula is C23H25BrF3N5O. The minimum absolute atomic E-state index is 0.0894. The Kier molecular flexibility index (Phi) is 6.76. The van der Waals surface area contributed by atoms with Crippen LogP contribution >= 0.6 is 15.9 Å². The van der Waals surface area contributed by atoms with E-state index in [0.29, 0.717) is 27.8 Å². The third-order valence-corrected chi connectivity index (χ3v) is 6.50. The number of piperidine rings is 1. The van der Waals surface area contributed by atoms with E-state index < -0.39 is 17.8 Å². The first kappa shape index (κ1) is 23.7. The van der Waals surface area contributed by atoms with E-state index in [-0.39, 0.29) is 11.1 Å². The van der Waals surface area contributed by atoms with Crippen molar-refractivity contribution < 1.29 is 18.0 Å². The molecule has 0 aliphatic carbocycles. The highest BCUT2D eigenvalue weighted by atomic mass is 79.9. The van der Waals surface area contributed by atoms with E-state index >= 15 is 0 Å². The number of amides is 1. The zero-order valence-electron chi connectivity index (χ0n) is 18.5. The van der Waals surface area contributed by atoms with Crippen molar-refractivity contribution in [3.63, 3.8) is 0 Å². The fourth-order valence-corrected chi connectivity index (χ4v) is 4.59. The first-order valence-electron chi connectivity index (χ1n) is 10.9. The largest absolute Gasteiger partial charge is 0.433 e. The van der Waals surface area contributed by atoms with Crippen LogP contribution in [0, 0.1) is 13.8 Å². The summed E-state index contributed by atoms with van der Waals surface area (Å²) in [5.74, 6) is -0.632. The molecule has 1 aliphatic heterocycles. The maximum atomic E-state index is 13.4. The number of aryl methyl sites for hydroxylation is 1. The molecule has 0 unspecified atom stereocenters. The number of carbonyl (C=O) groups is 1. The Morgan fingerprint density at radius 1 is 1.12 bits per heavy atom. The minimum Gasteiger partial charge on any atom is -0.319 e. The average molecular weight is 524 g/mol. The lowest BCUT2D eigenvalue weighted by molar-refractivity contribution is -0.140. The molecule has 33 heavy (non-hydrogen) atoms. The molecule has 1 amide bonds. The number of benzene rings is 1. The zero-order chi connectivity index (χ0) is 23.8. The SMILES string of the molecule is Cc1nn(CCN2CCCCC2)c(C)c1NC(=O)c1cc(C(F)(F)F)nc2ccc(Br)cc12. The van der Waals surface area contributed by atoms with Gasteiger partial charge in [-0.2, -0.15) is 18.3 Å². The van der Waals surface area contributed by atoms with Gasteiger partial charge in [0.2, 0.25) is 0 Å². The van der Waals surface area contributed by atoms with E-state index in [2.05, 4.69) is 36.2 Å². The second-order valence-electron chi connectivity index (χ2n) is 8.34. The number of rotatable bonds is 5. The number of fused-ring (bicyclic) bond motifs is 1. The van der Waals surface area contributed by atoms with Crippen molar-refractivity contribution in [1.29, 1.82) is 0 Å².